The van der Waals surface area contributed by atoms with E-state index >= 15 is 0 Å². The topological polar surface area (TPSA) is 57.2 Å². The monoisotopic (exact) mass is 432 g/mol. The van der Waals surface area contributed by atoms with E-state index in [1.54, 1.807) is 6.07 Å². The predicted octanol–water partition coefficient (Wildman–Crippen LogP) is 3.89. The minimum Gasteiger partial charge on any atom is -0.744 e. The summed E-state index contributed by atoms with van der Waals surface area (Å²) in [6.45, 7) is 8.99. The van der Waals surface area contributed by atoms with E-state index in [1.165, 1.54) is 44.6 Å². The minimum atomic E-state index is -4.41. The molecule has 0 N–H and O–H groups in total. The van der Waals surface area contributed by atoms with Crippen LogP contribution in [0, 0.1) is 11.8 Å². The van der Waals surface area contributed by atoms with Gasteiger partial charge in [-0.05, 0) is 54.7 Å². The molecule has 5 heteroatoms. The molecule has 0 bridgehead atoms. The van der Waals surface area contributed by atoms with Gasteiger partial charge in [-0.15, -0.1) is 0 Å². The number of hydrogen-bond acceptors (Lipinski definition) is 3. The molecule has 1 aromatic rings. The van der Waals surface area contributed by atoms with Crippen LogP contribution in [0.2, 0.25) is 0 Å². The predicted molar refractivity (Wildman–Crippen MR) is 118 cm³/mol. The van der Waals surface area contributed by atoms with Gasteiger partial charge < -0.3 is 4.55 Å². The van der Waals surface area contributed by atoms with Crippen LogP contribution in [-0.4, -0.2) is 13.0 Å². The molecule has 162 valence electrons. The molecule has 0 fully saturated rings. The number of rotatable bonds is 15. The Morgan fingerprint density at radius 2 is 1.24 bits per heavy atom. The van der Waals surface area contributed by atoms with Gasteiger partial charge in [-0.25, -0.2) is 8.42 Å². The second kappa shape index (κ2) is 15.9. The Morgan fingerprint density at radius 3 is 1.72 bits per heavy atom. The fraction of sp³-hybridized carbons (Fsp3) is 0.750. The molecule has 0 heterocycles. The van der Waals surface area contributed by atoms with E-state index in [0.29, 0.717) is 6.42 Å². The molecule has 0 saturated heterocycles. The molecule has 1 aromatic carbocycles. The number of hydrogen-bond donors (Lipinski definition) is 0. The molecule has 0 aromatic heterocycles. The van der Waals surface area contributed by atoms with Crippen LogP contribution in [-0.2, 0) is 23.0 Å². The molecule has 0 aliphatic rings. The van der Waals surface area contributed by atoms with Crippen molar-refractivity contribution in [1.82, 2.24) is 0 Å². The summed E-state index contributed by atoms with van der Waals surface area (Å²) in [5.74, 6) is 1.49. The van der Waals surface area contributed by atoms with Crippen molar-refractivity contribution in [3.63, 3.8) is 0 Å². The Morgan fingerprint density at radius 1 is 0.759 bits per heavy atom. The van der Waals surface area contributed by atoms with Crippen molar-refractivity contribution in [1.29, 1.82) is 0 Å². The van der Waals surface area contributed by atoms with E-state index < -0.39 is 10.1 Å². The maximum atomic E-state index is 11.7. The van der Waals surface area contributed by atoms with Crippen molar-refractivity contribution < 1.29 is 42.5 Å². The average Bonchev–Trinajstić information content (AvgIpc) is 2.60. The van der Waals surface area contributed by atoms with E-state index in [9.17, 15) is 13.0 Å². The maximum absolute atomic E-state index is 11.7. The van der Waals surface area contributed by atoms with Crippen molar-refractivity contribution in [2.45, 2.75) is 110 Å². The van der Waals surface area contributed by atoms with Crippen LogP contribution in [0.15, 0.2) is 23.1 Å². The van der Waals surface area contributed by atoms with Crippen molar-refractivity contribution in [3.05, 3.63) is 29.3 Å². The van der Waals surface area contributed by atoms with Gasteiger partial charge in [0.2, 0.25) is 0 Å². The first-order valence-electron chi connectivity index (χ1n) is 11.3. The Balaban J connectivity index is 0.00000784. The summed E-state index contributed by atoms with van der Waals surface area (Å²) in [5, 5.41) is 0. The van der Waals surface area contributed by atoms with Gasteiger partial charge in [-0.1, -0.05) is 91.2 Å². The minimum absolute atomic E-state index is 0. The fourth-order valence-corrected chi connectivity index (χ4v) is 4.57. The van der Waals surface area contributed by atoms with Gasteiger partial charge in [0.15, 0.2) is 0 Å². The van der Waals surface area contributed by atoms with Crippen LogP contribution in [0.5, 0.6) is 0 Å². The molecule has 0 unspecified atom stereocenters. The first-order chi connectivity index (χ1) is 13.2. The third kappa shape index (κ3) is 13.2. The van der Waals surface area contributed by atoms with E-state index in [1.807, 2.05) is 6.07 Å². The van der Waals surface area contributed by atoms with Crippen molar-refractivity contribution in [2.75, 3.05) is 0 Å². The fourth-order valence-electron chi connectivity index (χ4n) is 3.79. The molecule has 0 amide bonds. The van der Waals surface area contributed by atoms with E-state index in [2.05, 4.69) is 27.7 Å². The summed E-state index contributed by atoms with van der Waals surface area (Å²) in [5.41, 5.74) is 1.84. The van der Waals surface area contributed by atoms with Gasteiger partial charge in [-0.3, -0.25) is 0 Å². The van der Waals surface area contributed by atoms with Gasteiger partial charge in [0, 0.05) is 0 Å². The van der Waals surface area contributed by atoms with Crippen LogP contribution < -0.4 is 29.6 Å². The van der Waals surface area contributed by atoms with Crippen LogP contribution >= 0.6 is 0 Å². The first kappa shape index (κ1) is 29.1. The summed E-state index contributed by atoms with van der Waals surface area (Å²) in [4.78, 5) is 0.00647. The molecule has 3 nitrogen and oxygen atoms in total. The summed E-state index contributed by atoms with van der Waals surface area (Å²) < 4.78 is 35.2. The molecular formula is C24H41NaO3S. The third-order valence-electron chi connectivity index (χ3n) is 5.44. The summed E-state index contributed by atoms with van der Waals surface area (Å²) in [6.07, 6.45) is 13.2. The Hall–Kier alpha value is 0.130. The van der Waals surface area contributed by atoms with Gasteiger partial charge in [0.25, 0.3) is 0 Å². The zero-order valence-electron chi connectivity index (χ0n) is 19.5. The second-order valence-corrected chi connectivity index (χ2v) is 10.4. The summed E-state index contributed by atoms with van der Waals surface area (Å²) in [7, 11) is -4.41. The number of aryl methyl sites for hydroxylation is 1. The zero-order valence-corrected chi connectivity index (χ0v) is 22.3. The van der Waals surface area contributed by atoms with Crippen molar-refractivity contribution in [3.8, 4) is 0 Å². The van der Waals surface area contributed by atoms with Crippen molar-refractivity contribution >= 4 is 10.1 Å². The average molecular weight is 433 g/mol. The molecule has 0 atom stereocenters. The van der Waals surface area contributed by atoms with Crippen LogP contribution in [0.1, 0.15) is 103 Å². The van der Waals surface area contributed by atoms with E-state index in [-0.39, 0.29) is 34.5 Å². The number of benzene rings is 1. The smallest absolute Gasteiger partial charge is 0.744 e. The van der Waals surface area contributed by atoms with Crippen LogP contribution in [0.4, 0.5) is 0 Å². The first-order valence-corrected chi connectivity index (χ1v) is 12.7. The van der Waals surface area contributed by atoms with Crippen LogP contribution in [0.25, 0.3) is 0 Å². The largest absolute Gasteiger partial charge is 1.00 e. The zero-order chi connectivity index (χ0) is 21.0. The molecular weight excluding hydrogens is 391 g/mol. The van der Waals surface area contributed by atoms with Gasteiger partial charge in [0.1, 0.15) is 10.1 Å². The molecule has 1 rings (SSSR count). The van der Waals surface area contributed by atoms with Gasteiger partial charge in [-0.2, -0.15) is 0 Å². The van der Waals surface area contributed by atoms with Gasteiger partial charge in [0.05, 0.1) is 4.90 Å². The van der Waals surface area contributed by atoms with Crippen LogP contribution in [0.3, 0.4) is 0 Å². The standard InChI is InChI=1S/C24H42O3S.Na/c1-20(2)14-9-5-7-11-16-22-17-13-19-24(28(25,26)27)23(22)18-12-8-6-10-15-21(3)4;/h13,17,19-21H,5-12,14-16,18H2,1-4H3,(H,25,26,27);/q;+1/p-1. The quantitative estimate of drug-likeness (QED) is 0.240. The molecule has 29 heavy (non-hydrogen) atoms. The Labute approximate surface area is 202 Å². The van der Waals surface area contributed by atoms with E-state index in [4.69, 9.17) is 0 Å². The Bertz CT molecular complexity index is 654. The van der Waals surface area contributed by atoms with Crippen molar-refractivity contribution in [2.24, 2.45) is 11.8 Å². The number of unbranched alkanes of at least 4 members (excludes halogenated alkanes) is 6. The third-order valence-corrected chi connectivity index (χ3v) is 6.36. The SMILES string of the molecule is CC(C)CCCCCCc1cccc(S(=O)(=O)[O-])c1CCCCCCC(C)C.[Na+]. The maximum Gasteiger partial charge on any atom is 1.00 e. The van der Waals surface area contributed by atoms with Gasteiger partial charge >= 0.3 is 29.6 Å². The second-order valence-electron chi connectivity index (χ2n) is 9.04. The van der Waals surface area contributed by atoms with E-state index in [0.717, 1.165) is 55.1 Å². The Kier molecular flexibility index (Phi) is 15.9. The molecule has 0 radical (unpaired) electrons. The molecule has 0 aliphatic carbocycles. The molecule has 0 aliphatic heterocycles. The normalized spacial score (nSPS) is 11.8. The molecule has 0 saturated carbocycles. The summed E-state index contributed by atoms with van der Waals surface area (Å²) in [6, 6.07) is 5.23. The summed E-state index contributed by atoms with van der Waals surface area (Å²) >= 11 is 0. The molecule has 0 spiro atoms.